The second-order valence-electron chi connectivity index (χ2n) is 8.92. The molecule has 0 radical (unpaired) electrons. The standard InChI is InChI=1S/C26H34Si/c1-5-6-10-20-15-17-21(18-16-20)19-22-11-7-8-13-24(22)27-25-14-9-12-23(25)26(2,3)4/h7-9,11-13,15-18H,5-6,10,14,19,27H2,1-4H3. The first kappa shape index (κ1) is 19.9. The largest absolute Gasteiger partial charge is 0.0835 e. The van der Waals surface area contributed by atoms with Crippen LogP contribution < -0.4 is 5.19 Å². The molecule has 1 aliphatic carbocycles. The number of rotatable bonds is 7. The zero-order chi connectivity index (χ0) is 19.3. The molecule has 0 heterocycles. The van der Waals surface area contributed by atoms with E-state index in [0.29, 0.717) is 0 Å². The van der Waals surface area contributed by atoms with E-state index in [0.717, 1.165) is 6.42 Å². The van der Waals surface area contributed by atoms with Crippen LogP contribution in [-0.2, 0) is 12.8 Å². The fraction of sp³-hybridized carbons (Fsp3) is 0.385. The zero-order valence-electron chi connectivity index (χ0n) is 17.5. The van der Waals surface area contributed by atoms with E-state index >= 15 is 0 Å². The highest BCUT2D eigenvalue weighted by molar-refractivity contribution is 6.62. The summed E-state index contributed by atoms with van der Waals surface area (Å²) in [5.74, 6) is 0. The fourth-order valence-electron chi connectivity index (χ4n) is 4.05. The number of allylic oxidation sites excluding steroid dienone is 4. The molecule has 0 bridgehead atoms. The van der Waals surface area contributed by atoms with Crippen molar-refractivity contribution in [2.45, 2.75) is 59.8 Å². The third kappa shape index (κ3) is 5.32. The van der Waals surface area contributed by atoms with Crippen molar-refractivity contribution >= 4 is 14.7 Å². The second kappa shape index (κ2) is 8.88. The average Bonchev–Trinajstić information content (AvgIpc) is 3.11. The van der Waals surface area contributed by atoms with E-state index in [2.05, 4.69) is 88.4 Å². The summed E-state index contributed by atoms with van der Waals surface area (Å²) in [6, 6.07) is 18.5. The highest BCUT2D eigenvalue weighted by Crippen LogP contribution is 2.33. The minimum atomic E-state index is -0.409. The lowest BCUT2D eigenvalue weighted by Crippen LogP contribution is -2.23. The van der Waals surface area contributed by atoms with Crippen LogP contribution in [0, 0.1) is 5.41 Å². The Hall–Kier alpha value is -1.86. The maximum absolute atomic E-state index is 2.38. The summed E-state index contributed by atoms with van der Waals surface area (Å²) in [4.78, 5) is 0. The molecule has 0 unspecified atom stereocenters. The molecule has 0 saturated heterocycles. The van der Waals surface area contributed by atoms with Gasteiger partial charge in [0.05, 0.1) is 9.52 Å². The molecular weight excluding hydrogens is 340 g/mol. The van der Waals surface area contributed by atoms with Crippen LogP contribution in [0.15, 0.2) is 71.5 Å². The smallest absolute Gasteiger partial charge is 0.0806 e. The Morgan fingerprint density at radius 1 is 0.926 bits per heavy atom. The first-order valence-electron chi connectivity index (χ1n) is 10.5. The van der Waals surface area contributed by atoms with Crippen molar-refractivity contribution in [1.82, 2.24) is 0 Å². The van der Waals surface area contributed by atoms with Gasteiger partial charge in [-0.05, 0) is 53.4 Å². The van der Waals surface area contributed by atoms with Crippen LogP contribution in [0.2, 0.25) is 0 Å². The van der Waals surface area contributed by atoms with Gasteiger partial charge in [-0.15, -0.1) is 0 Å². The number of hydrogen-bond acceptors (Lipinski definition) is 0. The Kier molecular flexibility index (Phi) is 6.54. The SMILES string of the molecule is CCCCc1ccc(Cc2ccccc2[SiH2]C2=C(C(C)(C)C)C=CC2)cc1. The zero-order valence-corrected chi connectivity index (χ0v) is 18.9. The van der Waals surface area contributed by atoms with Gasteiger partial charge >= 0.3 is 0 Å². The molecule has 0 aromatic heterocycles. The predicted molar refractivity (Wildman–Crippen MR) is 123 cm³/mol. The van der Waals surface area contributed by atoms with Gasteiger partial charge in [-0.1, -0.05) is 105 Å². The van der Waals surface area contributed by atoms with Gasteiger partial charge in [0.2, 0.25) is 0 Å². The fourth-order valence-corrected chi connectivity index (χ4v) is 6.38. The highest BCUT2D eigenvalue weighted by Gasteiger charge is 2.22. The first-order valence-corrected chi connectivity index (χ1v) is 11.9. The Bertz CT molecular complexity index is 816. The van der Waals surface area contributed by atoms with Gasteiger partial charge in [0, 0.05) is 0 Å². The van der Waals surface area contributed by atoms with Crippen molar-refractivity contribution in [3.05, 3.63) is 88.1 Å². The molecule has 0 amide bonds. The lowest BCUT2D eigenvalue weighted by molar-refractivity contribution is 0.516. The summed E-state index contributed by atoms with van der Waals surface area (Å²) in [5.41, 5.74) is 6.28. The van der Waals surface area contributed by atoms with E-state index in [1.54, 1.807) is 16.0 Å². The van der Waals surface area contributed by atoms with Gasteiger partial charge in [-0.25, -0.2) is 0 Å². The molecular formula is C26H34Si. The number of aryl methyl sites for hydroxylation is 1. The van der Waals surface area contributed by atoms with Crippen molar-refractivity contribution in [1.29, 1.82) is 0 Å². The molecule has 142 valence electrons. The molecule has 2 aromatic carbocycles. The van der Waals surface area contributed by atoms with E-state index in [1.807, 2.05) is 0 Å². The Morgan fingerprint density at radius 2 is 1.63 bits per heavy atom. The number of benzene rings is 2. The minimum Gasteiger partial charge on any atom is -0.0806 e. The quantitative estimate of drug-likeness (QED) is 0.547. The van der Waals surface area contributed by atoms with Gasteiger partial charge in [0.1, 0.15) is 0 Å². The number of hydrogen-bond donors (Lipinski definition) is 0. The van der Waals surface area contributed by atoms with Crippen LogP contribution >= 0.6 is 0 Å². The third-order valence-electron chi connectivity index (χ3n) is 5.60. The van der Waals surface area contributed by atoms with Crippen molar-refractivity contribution in [2.75, 3.05) is 0 Å². The first-order chi connectivity index (χ1) is 13.0. The van der Waals surface area contributed by atoms with Crippen LogP contribution in [0.3, 0.4) is 0 Å². The summed E-state index contributed by atoms with van der Waals surface area (Å²) in [6.07, 6.45) is 10.7. The summed E-state index contributed by atoms with van der Waals surface area (Å²) in [7, 11) is -0.409. The minimum absolute atomic E-state index is 0.262. The molecule has 2 aromatic rings. The molecule has 3 rings (SSSR count). The number of unbranched alkanes of at least 4 members (excludes halogenated alkanes) is 1. The van der Waals surface area contributed by atoms with E-state index < -0.39 is 9.52 Å². The van der Waals surface area contributed by atoms with Crippen LogP contribution in [0.25, 0.3) is 0 Å². The van der Waals surface area contributed by atoms with Gasteiger partial charge in [-0.2, -0.15) is 0 Å². The molecule has 0 fully saturated rings. The molecule has 0 saturated carbocycles. The average molecular weight is 375 g/mol. The highest BCUT2D eigenvalue weighted by atomic mass is 28.2. The monoisotopic (exact) mass is 374 g/mol. The van der Waals surface area contributed by atoms with E-state index in [9.17, 15) is 0 Å². The molecule has 0 N–H and O–H groups in total. The maximum Gasteiger partial charge on any atom is 0.0835 e. The van der Waals surface area contributed by atoms with Crippen LogP contribution in [-0.4, -0.2) is 9.52 Å². The van der Waals surface area contributed by atoms with E-state index in [4.69, 9.17) is 0 Å². The van der Waals surface area contributed by atoms with Gasteiger partial charge in [0.15, 0.2) is 0 Å². The van der Waals surface area contributed by atoms with Crippen molar-refractivity contribution in [3.63, 3.8) is 0 Å². The molecule has 0 atom stereocenters. The predicted octanol–water partition coefficient (Wildman–Crippen LogP) is 5.67. The summed E-state index contributed by atoms with van der Waals surface area (Å²) in [5, 5.41) is 3.35. The lowest BCUT2D eigenvalue weighted by atomic mass is 9.87. The van der Waals surface area contributed by atoms with Gasteiger partial charge in [-0.3, -0.25) is 0 Å². The summed E-state index contributed by atoms with van der Waals surface area (Å²) >= 11 is 0. The summed E-state index contributed by atoms with van der Waals surface area (Å²) in [6.45, 7) is 9.30. The van der Waals surface area contributed by atoms with E-state index in [-0.39, 0.29) is 5.41 Å². The van der Waals surface area contributed by atoms with Crippen LogP contribution in [0.1, 0.15) is 63.6 Å². The molecule has 0 aliphatic heterocycles. The second-order valence-corrected chi connectivity index (χ2v) is 10.9. The lowest BCUT2D eigenvalue weighted by Gasteiger charge is -2.22. The molecule has 1 heteroatoms. The maximum atomic E-state index is 2.38. The normalized spacial score (nSPS) is 14.7. The Balaban J connectivity index is 1.77. The Labute approximate surface area is 168 Å². The van der Waals surface area contributed by atoms with Crippen LogP contribution in [0.4, 0.5) is 0 Å². The molecule has 27 heavy (non-hydrogen) atoms. The third-order valence-corrected chi connectivity index (χ3v) is 7.76. The van der Waals surface area contributed by atoms with Crippen molar-refractivity contribution in [2.24, 2.45) is 5.41 Å². The molecule has 1 aliphatic rings. The topological polar surface area (TPSA) is 0 Å². The van der Waals surface area contributed by atoms with Gasteiger partial charge < -0.3 is 0 Å². The van der Waals surface area contributed by atoms with Crippen LogP contribution in [0.5, 0.6) is 0 Å². The molecule has 0 spiro atoms. The molecule has 0 nitrogen and oxygen atoms in total. The van der Waals surface area contributed by atoms with Crippen molar-refractivity contribution in [3.8, 4) is 0 Å². The summed E-state index contributed by atoms with van der Waals surface area (Å²) < 4.78 is 0. The Morgan fingerprint density at radius 3 is 2.33 bits per heavy atom. The van der Waals surface area contributed by atoms with Gasteiger partial charge in [0.25, 0.3) is 0 Å². The van der Waals surface area contributed by atoms with E-state index in [1.165, 1.54) is 42.4 Å². The van der Waals surface area contributed by atoms with Crippen molar-refractivity contribution < 1.29 is 0 Å².